The largest absolute Gasteiger partial charge is 0.389 e. The summed E-state index contributed by atoms with van der Waals surface area (Å²) in [5.74, 6) is 2.40. The predicted octanol–water partition coefficient (Wildman–Crippen LogP) is -0.784. The molecule has 0 fully saturated rings. The number of rotatable bonds is 5. The molecule has 0 bridgehead atoms. The molecule has 1 atom stereocenters. The van der Waals surface area contributed by atoms with Crippen molar-refractivity contribution >= 4 is 0 Å². The summed E-state index contributed by atoms with van der Waals surface area (Å²) in [7, 11) is 1.55. The highest BCUT2D eigenvalue weighted by Gasteiger charge is 1.99. The van der Waals surface area contributed by atoms with E-state index in [0.29, 0.717) is 19.7 Å². The van der Waals surface area contributed by atoms with E-state index in [1.54, 1.807) is 7.11 Å². The second-order valence-electron chi connectivity index (χ2n) is 1.94. The van der Waals surface area contributed by atoms with E-state index < -0.39 is 6.10 Å². The fourth-order valence-corrected chi connectivity index (χ4v) is 0.562. The number of hydrogen-bond donors (Lipinski definition) is 2. The maximum atomic E-state index is 9.02. The minimum Gasteiger partial charge on any atom is -0.389 e. The van der Waals surface area contributed by atoms with E-state index in [9.17, 15) is 0 Å². The molecule has 0 aliphatic carbocycles. The summed E-state index contributed by atoms with van der Waals surface area (Å²) >= 11 is 0. The van der Waals surface area contributed by atoms with E-state index in [2.05, 4.69) is 11.2 Å². The molecule has 10 heavy (non-hydrogen) atoms. The molecule has 0 aromatic rings. The minimum atomic E-state index is -0.460. The van der Waals surface area contributed by atoms with E-state index in [1.165, 1.54) is 0 Å². The molecule has 0 heterocycles. The third-order valence-corrected chi connectivity index (χ3v) is 0.966. The lowest BCUT2D eigenvalue weighted by Gasteiger charge is -2.07. The first kappa shape index (κ1) is 9.44. The van der Waals surface area contributed by atoms with Crippen LogP contribution in [0.5, 0.6) is 0 Å². The number of ether oxygens (including phenoxy) is 1. The van der Waals surface area contributed by atoms with Crippen LogP contribution in [0.2, 0.25) is 0 Å². The summed E-state index contributed by atoms with van der Waals surface area (Å²) in [5.41, 5.74) is 0. The Hall–Kier alpha value is -0.560. The van der Waals surface area contributed by atoms with Gasteiger partial charge in [-0.15, -0.1) is 6.42 Å². The van der Waals surface area contributed by atoms with Crippen LogP contribution in [-0.2, 0) is 4.74 Å². The molecule has 58 valence electrons. The van der Waals surface area contributed by atoms with E-state index in [4.69, 9.17) is 16.3 Å². The Morgan fingerprint density at radius 2 is 2.50 bits per heavy atom. The zero-order valence-corrected chi connectivity index (χ0v) is 6.13. The van der Waals surface area contributed by atoms with Gasteiger partial charge in [0, 0.05) is 13.7 Å². The van der Waals surface area contributed by atoms with Gasteiger partial charge in [-0.2, -0.15) is 0 Å². The lowest BCUT2D eigenvalue weighted by Crippen LogP contribution is -2.30. The Balaban J connectivity index is 3.06. The Bertz CT molecular complexity index is 109. The molecule has 3 nitrogen and oxygen atoms in total. The number of terminal acetylenes is 1. The fraction of sp³-hybridized carbons (Fsp3) is 0.714. The summed E-state index contributed by atoms with van der Waals surface area (Å²) in [6.45, 7) is 1.32. The van der Waals surface area contributed by atoms with Gasteiger partial charge in [-0.3, -0.25) is 0 Å². The topological polar surface area (TPSA) is 41.5 Å². The highest BCUT2D eigenvalue weighted by Crippen LogP contribution is 1.79. The molecular weight excluding hydrogens is 130 g/mol. The van der Waals surface area contributed by atoms with Crippen molar-refractivity contribution in [1.82, 2.24) is 5.32 Å². The normalized spacial score (nSPS) is 12.5. The molecule has 0 rings (SSSR count). The highest BCUT2D eigenvalue weighted by molar-refractivity contribution is 4.86. The van der Waals surface area contributed by atoms with Gasteiger partial charge in [-0.25, -0.2) is 0 Å². The van der Waals surface area contributed by atoms with Crippen molar-refractivity contribution < 1.29 is 9.84 Å². The molecular formula is C7H13NO2. The Kier molecular flexibility index (Phi) is 6.19. The molecule has 0 aromatic heterocycles. The van der Waals surface area contributed by atoms with Crippen molar-refractivity contribution in [2.24, 2.45) is 0 Å². The van der Waals surface area contributed by atoms with Crippen LogP contribution in [0.1, 0.15) is 0 Å². The van der Waals surface area contributed by atoms with Crippen LogP contribution < -0.4 is 5.32 Å². The monoisotopic (exact) mass is 143 g/mol. The summed E-state index contributed by atoms with van der Waals surface area (Å²) in [5, 5.41) is 11.9. The van der Waals surface area contributed by atoms with Gasteiger partial charge >= 0.3 is 0 Å². The lowest BCUT2D eigenvalue weighted by molar-refractivity contribution is 0.0653. The quantitative estimate of drug-likeness (QED) is 0.392. The van der Waals surface area contributed by atoms with Crippen LogP contribution in [0.3, 0.4) is 0 Å². The van der Waals surface area contributed by atoms with Crippen LogP contribution >= 0.6 is 0 Å². The molecule has 0 aromatic carbocycles. The number of methoxy groups -OCH3 is 1. The molecule has 0 amide bonds. The summed E-state index contributed by atoms with van der Waals surface area (Å²) in [4.78, 5) is 0. The molecule has 0 saturated carbocycles. The summed E-state index contributed by atoms with van der Waals surface area (Å²) < 4.78 is 4.69. The molecule has 0 radical (unpaired) electrons. The Morgan fingerprint density at radius 3 is 3.00 bits per heavy atom. The Morgan fingerprint density at radius 1 is 1.80 bits per heavy atom. The lowest BCUT2D eigenvalue weighted by atomic mass is 10.4. The zero-order valence-electron chi connectivity index (χ0n) is 6.13. The number of aliphatic hydroxyl groups is 1. The second kappa shape index (κ2) is 6.56. The first-order chi connectivity index (χ1) is 4.81. The highest BCUT2D eigenvalue weighted by atomic mass is 16.5. The van der Waals surface area contributed by atoms with Crippen molar-refractivity contribution in [2.45, 2.75) is 6.10 Å². The van der Waals surface area contributed by atoms with Crippen molar-refractivity contribution in [2.75, 3.05) is 26.8 Å². The van der Waals surface area contributed by atoms with E-state index in [-0.39, 0.29) is 0 Å². The van der Waals surface area contributed by atoms with Crippen molar-refractivity contribution in [3.63, 3.8) is 0 Å². The SMILES string of the molecule is C#CCNC[C@@H](O)COC. The van der Waals surface area contributed by atoms with Gasteiger partial charge in [0.25, 0.3) is 0 Å². The second-order valence-corrected chi connectivity index (χ2v) is 1.94. The van der Waals surface area contributed by atoms with E-state index >= 15 is 0 Å². The van der Waals surface area contributed by atoms with Gasteiger partial charge in [-0.1, -0.05) is 5.92 Å². The standard InChI is InChI=1S/C7H13NO2/c1-3-4-8-5-7(9)6-10-2/h1,7-9H,4-6H2,2H3/t7-/m1/s1. The summed E-state index contributed by atoms with van der Waals surface area (Å²) in [6.07, 6.45) is 4.50. The molecule has 0 unspecified atom stereocenters. The van der Waals surface area contributed by atoms with Crippen molar-refractivity contribution in [3.05, 3.63) is 0 Å². The molecule has 0 aliphatic rings. The molecule has 2 N–H and O–H groups in total. The van der Waals surface area contributed by atoms with E-state index in [1.807, 2.05) is 0 Å². The third kappa shape index (κ3) is 5.57. The average molecular weight is 143 g/mol. The van der Waals surface area contributed by atoms with Gasteiger partial charge < -0.3 is 15.2 Å². The maximum Gasteiger partial charge on any atom is 0.0897 e. The number of nitrogens with one attached hydrogen (secondary N) is 1. The van der Waals surface area contributed by atoms with Crippen molar-refractivity contribution in [3.8, 4) is 12.3 Å². The molecule has 0 saturated heterocycles. The fourth-order valence-electron chi connectivity index (χ4n) is 0.562. The zero-order chi connectivity index (χ0) is 7.82. The van der Waals surface area contributed by atoms with Crippen LogP contribution in [0.15, 0.2) is 0 Å². The molecule has 0 aliphatic heterocycles. The predicted molar refractivity (Wildman–Crippen MR) is 39.6 cm³/mol. The number of hydrogen-bond acceptors (Lipinski definition) is 3. The van der Waals surface area contributed by atoms with Gasteiger partial charge in [-0.05, 0) is 0 Å². The van der Waals surface area contributed by atoms with Crippen LogP contribution in [0, 0.1) is 12.3 Å². The number of aliphatic hydroxyl groups excluding tert-OH is 1. The third-order valence-electron chi connectivity index (χ3n) is 0.966. The van der Waals surface area contributed by atoms with Crippen LogP contribution in [0.4, 0.5) is 0 Å². The van der Waals surface area contributed by atoms with Crippen molar-refractivity contribution in [1.29, 1.82) is 0 Å². The van der Waals surface area contributed by atoms with E-state index in [0.717, 1.165) is 0 Å². The average Bonchev–Trinajstić information content (AvgIpc) is 1.89. The smallest absolute Gasteiger partial charge is 0.0897 e. The first-order valence-corrected chi connectivity index (χ1v) is 3.12. The molecule has 0 spiro atoms. The van der Waals surface area contributed by atoms with Gasteiger partial charge in [0.2, 0.25) is 0 Å². The summed E-state index contributed by atoms with van der Waals surface area (Å²) in [6, 6.07) is 0. The Labute approximate surface area is 61.4 Å². The first-order valence-electron chi connectivity index (χ1n) is 3.12. The van der Waals surface area contributed by atoms with Gasteiger partial charge in [0.05, 0.1) is 19.3 Å². The van der Waals surface area contributed by atoms with Gasteiger partial charge in [0.1, 0.15) is 0 Å². The van der Waals surface area contributed by atoms with Crippen LogP contribution in [-0.4, -0.2) is 38.0 Å². The minimum absolute atomic E-state index is 0.345. The molecule has 3 heteroatoms. The van der Waals surface area contributed by atoms with Gasteiger partial charge in [0.15, 0.2) is 0 Å². The maximum absolute atomic E-state index is 9.02. The van der Waals surface area contributed by atoms with Crippen LogP contribution in [0.25, 0.3) is 0 Å².